The first-order chi connectivity index (χ1) is 14.2. The lowest BCUT2D eigenvalue weighted by Crippen LogP contribution is -2.37. The van der Waals surface area contributed by atoms with Crippen LogP contribution < -0.4 is 10.9 Å². The van der Waals surface area contributed by atoms with Crippen LogP contribution in [0.3, 0.4) is 0 Å². The number of H-pyrrole nitrogens is 1. The quantitative estimate of drug-likeness (QED) is 0.387. The van der Waals surface area contributed by atoms with Crippen LogP contribution in [0.2, 0.25) is 0 Å². The lowest BCUT2D eigenvalue weighted by atomic mass is 10.0. The van der Waals surface area contributed by atoms with Gasteiger partial charge in [0.2, 0.25) is 0 Å². The number of fused-ring (bicyclic) bond motifs is 6. The van der Waals surface area contributed by atoms with E-state index in [9.17, 15) is 9.18 Å². The number of anilines is 1. The molecule has 5 rings (SSSR count). The average Bonchev–Trinajstić information content (AvgIpc) is 3.16. The molecule has 0 amide bonds. The highest BCUT2D eigenvalue weighted by molar-refractivity contribution is 7.23. The molecule has 150 valence electrons. The molecule has 1 saturated heterocycles. The Morgan fingerprint density at radius 1 is 1.21 bits per heavy atom. The van der Waals surface area contributed by atoms with Gasteiger partial charge in [-0.05, 0) is 37.2 Å². The zero-order chi connectivity index (χ0) is 19.8. The van der Waals surface area contributed by atoms with Gasteiger partial charge in [-0.2, -0.15) is 0 Å². The van der Waals surface area contributed by atoms with E-state index in [1.807, 2.05) is 6.07 Å². The molecule has 2 aromatic heterocycles. The van der Waals surface area contributed by atoms with E-state index in [1.165, 1.54) is 23.5 Å². The van der Waals surface area contributed by atoms with Crippen LogP contribution in [-0.4, -0.2) is 54.3 Å². The Bertz CT molecular complexity index is 1250. The molecule has 29 heavy (non-hydrogen) atoms. The summed E-state index contributed by atoms with van der Waals surface area (Å²) in [4.78, 5) is 22.4. The third kappa shape index (κ3) is 3.48. The van der Waals surface area contributed by atoms with Crippen molar-refractivity contribution in [2.45, 2.75) is 6.42 Å². The van der Waals surface area contributed by atoms with E-state index in [-0.39, 0.29) is 11.4 Å². The normalized spacial score (nSPS) is 15.5. The molecule has 0 spiro atoms. The van der Waals surface area contributed by atoms with Crippen LogP contribution in [0.1, 0.15) is 6.42 Å². The van der Waals surface area contributed by atoms with Gasteiger partial charge >= 0.3 is 0 Å². The fourth-order valence-corrected chi connectivity index (χ4v) is 4.99. The highest BCUT2D eigenvalue weighted by atomic mass is 32.1. The summed E-state index contributed by atoms with van der Waals surface area (Å²) in [5.74, 6) is -0.363. The SMILES string of the molecule is O=c1[nH]ccc2c3sc(NCCCN4CCOCC4)nc3c3ccc(F)cc3c12. The maximum atomic E-state index is 13.9. The van der Waals surface area contributed by atoms with E-state index in [1.54, 1.807) is 12.3 Å². The van der Waals surface area contributed by atoms with Crippen molar-refractivity contribution in [3.8, 4) is 0 Å². The van der Waals surface area contributed by atoms with Gasteiger partial charge < -0.3 is 15.0 Å². The lowest BCUT2D eigenvalue weighted by Gasteiger charge is -2.26. The number of hydrogen-bond acceptors (Lipinski definition) is 6. The molecule has 1 aliphatic heterocycles. The Kier molecular flexibility index (Phi) is 4.91. The molecule has 0 radical (unpaired) electrons. The first-order valence-electron chi connectivity index (χ1n) is 9.78. The first kappa shape index (κ1) is 18.5. The second-order valence-electron chi connectivity index (χ2n) is 7.22. The Labute approximate surface area is 170 Å². The fraction of sp³-hybridized carbons (Fsp3) is 0.333. The molecule has 6 nitrogen and oxygen atoms in total. The maximum absolute atomic E-state index is 13.9. The van der Waals surface area contributed by atoms with Gasteiger partial charge in [0.05, 0.1) is 28.8 Å². The van der Waals surface area contributed by atoms with Gasteiger partial charge in [-0.3, -0.25) is 9.69 Å². The number of rotatable bonds is 5. The van der Waals surface area contributed by atoms with Crippen molar-refractivity contribution in [2.75, 3.05) is 44.7 Å². The standard InChI is InChI=1S/C21H21FN4O2S/c22-13-2-3-14-16(12-13)17-15(4-6-23-20(17)27)19-18(14)25-21(29-19)24-5-1-7-26-8-10-28-11-9-26/h2-4,6,12H,1,5,7-11H2,(H,23,27)(H,24,25). The Balaban J connectivity index is 1.48. The second kappa shape index (κ2) is 7.70. The molecule has 0 unspecified atom stereocenters. The minimum Gasteiger partial charge on any atom is -0.379 e. The number of aromatic nitrogens is 2. The molecule has 0 atom stereocenters. The number of ether oxygens (including phenoxy) is 1. The van der Waals surface area contributed by atoms with Crippen molar-refractivity contribution in [3.05, 3.63) is 46.6 Å². The summed E-state index contributed by atoms with van der Waals surface area (Å²) in [5.41, 5.74) is 0.590. The number of nitrogens with one attached hydrogen (secondary N) is 2. The highest BCUT2D eigenvalue weighted by Gasteiger charge is 2.16. The lowest BCUT2D eigenvalue weighted by molar-refractivity contribution is 0.0378. The Morgan fingerprint density at radius 2 is 2.07 bits per heavy atom. The van der Waals surface area contributed by atoms with Crippen LogP contribution in [0.25, 0.3) is 31.8 Å². The van der Waals surface area contributed by atoms with Crippen LogP contribution in [0, 0.1) is 5.82 Å². The van der Waals surface area contributed by atoms with Crippen LogP contribution in [0.5, 0.6) is 0 Å². The molecule has 8 heteroatoms. The van der Waals surface area contributed by atoms with Crippen LogP contribution in [-0.2, 0) is 4.74 Å². The smallest absolute Gasteiger partial charge is 0.256 e. The van der Waals surface area contributed by atoms with E-state index in [0.29, 0.717) is 10.8 Å². The third-order valence-corrected chi connectivity index (χ3v) is 6.42. The van der Waals surface area contributed by atoms with E-state index in [2.05, 4.69) is 15.2 Å². The number of nitrogens with zero attached hydrogens (tertiary/aromatic N) is 2. The average molecular weight is 412 g/mol. The van der Waals surface area contributed by atoms with E-state index in [4.69, 9.17) is 9.72 Å². The predicted octanol–water partition coefficient (Wildman–Crippen LogP) is 3.56. The summed E-state index contributed by atoms with van der Waals surface area (Å²) in [6.07, 6.45) is 2.65. The number of morpholine rings is 1. The van der Waals surface area contributed by atoms with Crippen molar-refractivity contribution < 1.29 is 9.13 Å². The zero-order valence-corrected chi connectivity index (χ0v) is 16.7. The van der Waals surface area contributed by atoms with Gasteiger partial charge in [-0.25, -0.2) is 9.37 Å². The molecule has 3 heterocycles. The highest BCUT2D eigenvalue weighted by Crippen LogP contribution is 2.38. The minimum absolute atomic E-state index is 0.214. The summed E-state index contributed by atoms with van der Waals surface area (Å²) in [5, 5.41) is 6.95. The van der Waals surface area contributed by atoms with E-state index < -0.39 is 0 Å². The summed E-state index contributed by atoms with van der Waals surface area (Å²) in [6, 6.07) is 6.41. The summed E-state index contributed by atoms with van der Waals surface area (Å²) in [6.45, 7) is 5.45. The van der Waals surface area contributed by atoms with E-state index >= 15 is 0 Å². The van der Waals surface area contributed by atoms with Gasteiger partial charge in [0.1, 0.15) is 5.82 Å². The van der Waals surface area contributed by atoms with Crippen molar-refractivity contribution in [3.63, 3.8) is 0 Å². The van der Waals surface area contributed by atoms with Gasteiger partial charge in [0.15, 0.2) is 5.13 Å². The number of thiazole rings is 1. The van der Waals surface area contributed by atoms with Crippen LogP contribution in [0.15, 0.2) is 35.3 Å². The van der Waals surface area contributed by atoms with Gasteiger partial charge in [0, 0.05) is 42.0 Å². The van der Waals surface area contributed by atoms with Gasteiger partial charge in [-0.15, -0.1) is 0 Å². The minimum atomic E-state index is -0.363. The molecule has 0 bridgehead atoms. The molecule has 0 aliphatic carbocycles. The van der Waals surface area contributed by atoms with Gasteiger partial charge in [0.25, 0.3) is 5.56 Å². The number of aromatic amines is 1. The number of pyridine rings is 1. The van der Waals surface area contributed by atoms with Crippen LogP contribution >= 0.6 is 11.3 Å². The summed E-state index contributed by atoms with van der Waals surface area (Å²) >= 11 is 1.54. The van der Waals surface area contributed by atoms with Crippen molar-refractivity contribution in [1.82, 2.24) is 14.9 Å². The first-order valence-corrected chi connectivity index (χ1v) is 10.6. The monoisotopic (exact) mass is 412 g/mol. The largest absolute Gasteiger partial charge is 0.379 e. The molecule has 0 saturated carbocycles. The molecular formula is C21H21FN4O2S. The molecule has 2 aromatic carbocycles. The predicted molar refractivity (Wildman–Crippen MR) is 116 cm³/mol. The molecule has 2 N–H and O–H groups in total. The second-order valence-corrected chi connectivity index (χ2v) is 8.22. The maximum Gasteiger partial charge on any atom is 0.256 e. The topological polar surface area (TPSA) is 70.2 Å². The number of hydrogen-bond donors (Lipinski definition) is 2. The number of benzene rings is 2. The number of halogens is 1. The summed E-state index contributed by atoms with van der Waals surface area (Å²) < 4.78 is 20.2. The van der Waals surface area contributed by atoms with Crippen LogP contribution in [0.4, 0.5) is 9.52 Å². The van der Waals surface area contributed by atoms with Crippen molar-refractivity contribution >= 4 is 48.2 Å². The molecule has 1 aliphatic rings. The third-order valence-electron chi connectivity index (χ3n) is 5.37. The Morgan fingerprint density at radius 3 is 2.93 bits per heavy atom. The molecule has 1 fully saturated rings. The molecular weight excluding hydrogens is 391 g/mol. The fourth-order valence-electron chi connectivity index (χ4n) is 3.95. The summed E-state index contributed by atoms with van der Waals surface area (Å²) in [7, 11) is 0. The van der Waals surface area contributed by atoms with Crippen molar-refractivity contribution in [2.24, 2.45) is 0 Å². The zero-order valence-electron chi connectivity index (χ0n) is 15.8. The van der Waals surface area contributed by atoms with E-state index in [0.717, 1.165) is 71.9 Å². The Hall–Kier alpha value is -2.55. The van der Waals surface area contributed by atoms with Gasteiger partial charge in [-0.1, -0.05) is 11.3 Å². The van der Waals surface area contributed by atoms with Crippen molar-refractivity contribution in [1.29, 1.82) is 0 Å². The molecule has 4 aromatic rings.